The van der Waals surface area contributed by atoms with Crippen LogP contribution in [-0.2, 0) is 26.3 Å². The SMILES string of the molecule is COCCNC(=O)C1(n2cccn2)CCN(C(=O)Cc2nnc(C)s2)CC1. The average Bonchev–Trinajstić information content (AvgIpc) is 3.34. The number of amides is 2. The molecule has 0 bridgehead atoms. The van der Waals surface area contributed by atoms with Crippen molar-refractivity contribution in [3.63, 3.8) is 0 Å². The molecule has 0 radical (unpaired) electrons. The number of hydrogen-bond donors (Lipinski definition) is 1. The molecule has 0 spiro atoms. The van der Waals surface area contributed by atoms with Crippen LogP contribution in [0.5, 0.6) is 0 Å². The molecule has 1 saturated heterocycles. The number of piperidine rings is 1. The van der Waals surface area contributed by atoms with Gasteiger partial charge in [0.2, 0.25) is 11.8 Å². The number of carbonyl (C=O) groups is 2. The van der Waals surface area contributed by atoms with Crippen LogP contribution in [0.25, 0.3) is 0 Å². The Bertz CT molecular complexity index is 767. The van der Waals surface area contributed by atoms with Crippen molar-refractivity contribution >= 4 is 23.2 Å². The number of hydrogen-bond acceptors (Lipinski definition) is 7. The van der Waals surface area contributed by atoms with Crippen molar-refractivity contribution in [3.8, 4) is 0 Å². The monoisotopic (exact) mass is 392 g/mol. The summed E-state index contributed by atoms with van der Waals surface area (Å²) >= 11 is 1.43. The van der Waals surface area contributed by atoms with Gasteiger partial charge in [-0.3, -0.25) is 14.3 Å². The molecule has 2 aromatic rings. The Balaban J connectivity index is 1.66. The summed E-state index contributed by atoms with van der Waals surface area (Å²) < 4.78 is 6.72. The molecular formula is C17H24N6O3S. The van der Waals surface area contributed by atoms with Crippen molar-refractivity contribution in [1.82, 2.24) is 30.2 Å². The third kappa shape index (κ3) is 4.33. The minimum Gasteiger partial charge on any atom is -0.383 e. The van der Waals surface area contributed by atoms with Crippen molar-refractivity contribution in [1.29, 1.82) is 0 Å². The van der Waals surface area contributed by atoms with E-state index in [0.29, 0.717) is 39.1 Å². The second-order valence-electron chi connectivity index (χ2n) is 6.50. The highest BCUT2D eigenvalue weighted by atomic mass is 32.1. The first-order valence-electron chi connectivity index (χ1n) is 8.89. The van der Waals surface area contributed by atoms with Gasteiger partial charge in [0.05, 0.1) is 13.0 Å². The number of rotatable bonds is 7. The quantitative estimate of drug-likeness (QED) is 0.683. The van der Waals surface area contributed by atoms with Crippen molar-refractivity contribution in [2.75, 3.05) is 33.4 Å². The normalized spacial score (nSPS) is 16.3. The van der Waals surface area contributed by atoms with Crippen molar-refractivity contribution < 1.29 is 14.3 Å². The lowest BCUT2D eigenvalue weighted by atomic mass is 9.86. The minimum absolute atomic E-state index is 0.0139. The number of aromatic nitrogens is 4. The largest absolute Gasteiger partial charge is 0.383 e. The highest BCUT2D eigenvalue weighted by molar-refractivity contribution is 7.11. The first-order valence-corrected chi connectivity index (χ1v) is 9.71. The van der Waals surface area contributed by atoms with Gasteiger partial charge in [-0.1, -0.05) is 0 Å². The Morgan fingerprint density at radius 3 is 2.70 bits per heavy atom. The number of aryl methyl sites for hydroxylation is 1. The molecule has 0 aromatic carbocycles. The predicted octanol–water partition coefficient (Wildman–Crippen LogP) is 0.366. The number of likely N-dealkylation sites (tertiary alicyclic amines) is 1. The molecule has 10 heteroatoms. The fraction of sp³-hybridized carbons (Fsp3) is 0.588. The van der Waals surface area contributed by atoms with Gasteiger partial charge in [-0.15, -0.1) is 21.5 Å². The van der Waals surface area contributed by atoms with Crippen LogP contribution in [-0.4, -0.2) is 70.0 Å². The molecule has 0 saturated carbocycles. The third-order valence-corrected chi connectivity index (χ3v) is 5.61. The van der Waals surface area contributed by atoms with Gasteiger partial charge >= 0.3 is 0 Å². The molecule has 0 atom stereocenters. The van der Waals surface area contributed by atoms with Crippen LogP contribution >= 0.6 is 11.3 Å². The molecule has 1 aliphatic heterocycles. The van der Waals surface area contributed by atoms with E-state index in [0.717, 1.165) is 10.0 Å². The van der Waals surface area contributed by atoms with Crippen LogP contribution in [0.15, 0.2) is 18.5 Å². The molecule has 146 valence electrons. The Labute approximate surface area is 161 Å². The molecule has 1 N–H and O–H groups in total. The van der Waals surface area contributed by atoms with E-state index in [1.807, 2.05) is 6.92 Å². The predicted molar refractivity (Wildman–Crippen MR) is 99.3 cm³/mol. The van der Waals surface area contributed by atoms with Gasteiger partial charge in [0.1, 0.15) is 15.6 Å². The van der Waals surface area contributed by atoms with Gasteiger partial charge in [0, 0.05) is 39.1 Å². The van der Waals surface area contributed by atoms with Crippen LogP contribution in [0.3, 0.4) is 0 Å². The molecule has 3 heterocycles. The Hall–Kier alpha value is -2.33. The molecule has 27 heavy (non-hydrogen) atoms. The van der Waals surface area contributed by atoms with E-state index < -0.39 is 5.54 Å². The summed E-state index contributed by atoms with van der Waals surface area (Å²) in [5, 5.41) is 16.8. The van der Waals surface area contributed by atoms with Gasteiger partial charge in [-0.2, -0.15) is 5.10 Å². The molecule has 2 aromatic heterocycles. The van der Waals surface area contributed by atoms with Crippen molar-refractivity contribution in [2.45, 2.75) is 31.7 Å². The van der Waals surface area contributed by atoms with E-state index in [-0.39, 0.29) is 18.2 Å². The minimum atomic E-state index is -0.784. The topological polar surface area (TPSA) is 102 Å². The zero-order chi connectivity index (χ0) is 19.3. The second kappa shape index (κ2) is 8.57. The van der Waals surface area contributed by atoms with E-state index in [1.54, 1.807) is 35.2 Å². The van der Waals surface area contributed by atoms with Crippen LogP contribution in [0, 0.1) is 6.92 Å². The summed E-state index contributed by atoms with van der Waals surface area (Å²) in [5.41, 5.74) is -0.784. The van der Waals surface area contributed by atoms with Gasteiger partial charge in [-0.25, -0.2) is 0 Å². The number of ether oxygens (including phenoxy) is 1. The van der Waals surface area contributed by atoms with E-state index in [9.17, 15) is 9.59 Å². The standard InChI is InChI=1S/C17H24N6O3S/c1-13-20-21-14(27-13)12-15(24)22-9-4-17(5-10-22,23-8-3-6-19-23)16(25)18-7-11-26-2/h3,6,8H,4-5,7,9-12H2,1-2H3,(H,18,25). The summed E-state index contributed by atoms with van der Waals surface area (Å²) in [4.78, 5) is 27.3. The summed E-state index contributed by atoms with van der Waals surface area (Å²) in [6.07, 6.45) is 4.74. The number of carbonyl (C=O) groups excluding carboxylic acids is 2. The molecule has 0 aliphatic carbocycles. The lowest BCUT2D eigenvalue weighted by Crippen LogP contribution is -2.56. The molecular weight excluding hydrogens is 368 g/mol. The first-order chi connectivity index (χ1) is 13.0. The lowest BCUT2D eigenvalue weighted by Gasteiger charge is -2.40. The van der Waals surface area contributed by atoms with Gasteiger partial charge in [0.25, 0.3) is 0 Å². The van der Waals surface area contributed by atoms with E-state index in [2.05, 4.69) is 20.6 Å². The maximum Gasteiger partial charge on any atom is 0.248 e. The zero-order valence-electron chi connectivity index (χ0n) is 15.6. The maximum atomic E-state index is 12.9. The van der Waals surface area contributed by atoms with Crippen LogP contribution in [0.4, 0.5) is 0 Å². The third-order valence-electron chi connectivity index (χ3n) is 4.77. The molecule has 1 aliphatic rings. The summed E-state index contributed by atoms with van der Waals surface area (Å²) in [6, 6.07) is 1.81. The molecule has 2 amide bonds. The van der Waals surface area contributed by atoms with Crippen molar-refractivity contribution in [3.05, 3.63) is 28.5 Å². The summed E-state index contributed by atoms with van der Waals surface area (Å²) in [5.74, 6) is -0.0740. The molecule has 1 fully saturated rings. The fourth-order valence-corrected chi connectivity index (χ4v) is 3.99. The molecule has 0 unspecified atom stereocenters. The average molecular weight is 392 g/mol. The van der Waals surface area contributed by atoms with Crippen LogP contribution in [0.1, 0.15) is 22.9 Å². The highest BCUT2D eigenvalue weighted by Crippen LogP contribution is 2.30. The van der Waals surface area contributed by atoms with Gasteiger partial charge in [0.15, 0.2) is 0 Å². The zero-order valence-corrected chi connectivity index (χ0v) is 16.4. The number of methoxy groups -OCH3 is 1. The number of nitrogens with one attached hydrogen (secondary N) is 1. The first kappa shape index (κ1) is 19.4. The van der Waals surface area contributed by atoms with E-state index in [1.165, 1.54) is 11.3 Å². The summed E-state index contributed by atoms with van der Waals surface area (Å²) in [6.45, 7) is 3.75. The van der Waals surface area contributed by atoms with Crippen LogP contribution < -0.4 is 5.32 Å². The molecule has 3 rings (SSSR count). The molecule has 9 nitrogen and oxygen atoms in total. The lowest BCUT2D eigenvalue weighted by molar-refractivity contribution is -0.139. The highest BCUT2D eigenvalue weighted by Gasteiger charge is 2.44. The Morgan fingerprint density at radius 1 is 1.33 bits per heavy atom. The van der Waals surface area contributed by atoms with Gasteiger partial charge in [-0.05, 0) is 25.8 Å². The van der Waals surface area contributed by atoms with Gasteiger partial charge < -0.3 is 15.0 Å². The van der Waals surface area contributed by atoms with Crippen LogP contribution in [0.2, 0.25) is 0 Å². The fourth-order valence-electron chi connectivity index (χ4n) is 3.29. The van der Waals surface area contributed by atoms with E-state index >= 15 is 0 Å². The smallest absolute Gasteiger partial charge is 0.248 e. The van der Waals surface area contributed by atoms with E-state index in [4.69, 9.17) is 4.74 Å². The number of nitrogens with zero attached hydrogens (tertiary/aromatic N) is 5. The summed E-state index contributed by atoms with van der Waals surface area (Å²) in [7, 11) is 1.60. The Kier molecular flexibility index (Phi) is 6.17. The Morgan fingerprint density at radius 2 is 2.11 bits per heavy atom. The van der Waals surface area contributed by atoms with Crippen molar-refractivity contribution in [2.24, 2.45) is 0 Å². The second-order valence-corrected chi connectivity index (χ2v) is 7.77. The maximum absolute atomic E-state index is 12.9.